The number of hydrogen-bond donors (Lipinski definition) is 2. The van der Waals surface area contributed by atoms with Gasteiger partial charge in [-0.15, -0.1) is 0 Å². The van der Waals surface area contributed by atoms with Gasteiger partial charge in [-0.25, -0.2) is 9.78 Å². The summed E-state index contributed by atoms with van der Waals surface area (Å²) >= 11 is 3.29. The van der Waals surface area contributed by atoms with Gasteiger partial charge >= 0.3 is 6.09 Å². The molecule has 6 nitrogen and oxygen atoms in total. The monoisotopic (exact) mass is 419 g/mol. The number of amides is 2. The molecule has 1 unspecified atom stereocenters. The van der Waals surface area contributed by atoms with Crippen LogP contribution in [0.1, 0.15) is 25.1 Å². The Kier molecular flexibility index (Phi) is 7.15. The number of aromatic nitrogens is 1. The van der Waals surface area contributed by atoms with Crippen molar-refractivity contribution in [2.24, 2.45) is 0 Å². The topological polar surface area (TPSA) is 82.5 Å². The Morgan fingerprint density at radius 3 is 2.42 bits per heavy atom. The first-order chi connectivity index (χ1) is 12.4. The maximum atomic E-state index is 12.7. The Balaban J connectivity index is 2.31. The minimum atomic E-state index is -1.16. The van der Waals surface area contributed by atoms with Gasteiger partial charge in [0.1, 0.15) is 10.6 Å². The quantitative estimate of drug-likeness (QED) is 0.673. The number of nitrogens with zero attached hydrogens (tertiary/aromatic N) is 2. The van der Waals surface area contributed by atoms with Gasteiger partial charge in [-0.1, -0.05) is 36.4 Å². The molecule has 0 saturated heterocycles. The fourth-order valence-corrected chi connectivity index (χ4v) is 2.97. The molecule has 0 aliphatic rings. The average Bonchev–Trinajstić information content (AvgIpc) is 2.58. The number of carboxylic acid groups (broad SMARTS) is 1. The normalized spacial score (nSPS) is 11.8. The molecule has 1 atom stereocenters. The number of benzene rings is 1. The summed E-state index contributed by atoms with van der Waals surface area (Å²) in [6, 6.07) is 13.7. The van der Waals surface area contributed by atoms with E-state index in [2.05, 4.69) is 26.2 Å². The van der Waals surface area contributed by atoms with Gasteiger partial charge in [0.25, 0.3) is 0 Å². The molecule has 0 spiro atoms. The summed E-state index contributed by atoms with van der Waals surface area (Å²) in [5, 5.41) is 12.6. The van der Waals surface area contributed by atoms with Gasteiger partial charge in [0, 0.05) is 12.5 Å². The highest BCUT2D eigenvalue weighted by Crippen LogP contribution is 2.15. The number of halogens is 1. The van der Waals surface area contributed by atoms with Crippen LogP contribution >= 0.6 is 15.9 Å². The average molecular weight is 420 g/mol. The fourth-order valence-electron chi connectivity index (χ4n) is 2.59. The standard InChI is InChI=1S/C19H22BrN3O3/c1-13(2)21-18(24)16(11-14-7-4-3-5-8-14)23(19(25)26)12-15-9-6-10-17(20)22-15/h3-10,13,16H,11-12H2,1-2H3,(H,21,24)(H,25,26). The second-order valence-corrected chi connectivity index (χ2v) is 7.04. The molecule has 26 heavy (non-hydrogen) atoms. The second kappa shape index (κ2) is 9.33. The van der Waals surface area contributed by atoms with Crippen molar-refractivity contribution >= 4 is 27.9 Å². The highest BCUT2D eigenvalue weighted by Gasteiger charge is 2.30. The van der Waals surface area contributed by atoms with Crippen molar-refractivity contribution in [2.45, 2.75) is 38.9 Å². The van der Waals surface area contributed by atoms with Crippen molar-refractivity contribution in [3.8, 4) is 0 Å². The summed E-state index contributed by atoms with van der Waals surface area (Å²) < 4.78 is 0.617. The molecule has 0 aliphatic heterocycles. The molecule has 0 radical (unpaired) electrons. The molecule has 1 aromatic carbocycles. The molecule has 7 heteroatoms. The van der Waals surface area contributed by atoms with Crippen molar-refractivity contribution in [1.82, 2.24) is 15.2 Å². The van der Waals surface area contributed by atoms with Crippen LogP contribution in [0, 0.1) is 0 Å². The second-order valence-electron chi connectivity index (χ2n) is 6.23. The minimum Gasteiger partial charge on any atom is -0.465 e. The van der Waals surface area contributed by atoms with Crippen molar-refractivity contribution in [3.63, 3.8) is 0 Å². The molecular weight excluding hydrogens is 398 g/mol. The highest BCUT2D eigenvalue weighted by atomic mass is 79.9. The molecule has 1 aromatic heterocycles. The maximum Gasteiger partial charge on any atom is 0.408 e. The van der Waals surface area contributed by atoms with Gasteiger partial charge in [0.15, 0.2) is 0 Å². The maximum absolute atomic E-state index is 12.7. The highest BCUT2D eigenvalue weighted by molar-refractivity contribution is 9.10. The fraction of sp³-hybridized carbons (Fsp3) is 0.316. The Morgan fingerprint density at radius 1 is 1.15 bits per heavy atom. The summed E-state index contributed by atoms with van der Waals surface area (Å²) in [4.78, 5) is 30.1. The number of pyridine rings is 1. The largest absolute Gasteiger partial charge is 0.465 e. The summed E-state index contributed by atoms with van der Waals surface area (Å²) in [5.41, 5.74) is 1.46. The zero-order valence-electron chi connectivity index (χ0n) is 14.7. The van der Waals surface area contributed by atoms with E-state index in [-0.39, 0.29) is 18.5 Å². The number of hydrogen-bond acceptors (Lipinski definition) is 3. The van der Waals surface area contributed by atoms with Crippen LogP contribution < -0.4 is 5.32 Å². The van der Waals surface area contributed by atoms with E-state index in [9.17, 15) is 14.7 Å². The van der Waals surface area contributed by atoms with Gasteiger partial charge in [0.05, 0.1) is 12.2 Å². The van der Waals surface area contributed by atoms with Crippen LogP contribution in [0.15, 0.2) is 53.1 Å². The molecule has 0 saturated carbocycles. The first-order valence-corrected chi connectivity index (χ1v) is 9.11. The van der Waals surface area contributed by atoms with E-state index in [4.69, 9.17) is 0 Å². The molecular formula is C19H22BrN3O3. The molecule has 1 heterocycles. The van der Waals surface area contributed by atoms with E-state index >= 15 is 0 Å². The lowest BCUT2D eigenvalue weighted by atomic mass is 10.0. The van der Waals surface area contributed by atoms with Gasteiger partial charge in [-0.2, -0.15) is 0 Å². The van der Waals surface area contributed by atoms with E-state index < -0.39 is 12.1 Å². The number of carbonyl (C=O) groups is 2. The molecule has 138 valence electrons. The van der Waals surface area contributed by atoms with E-state index in [1.54, 1.807) is 18.2 Å². The molecule has 2 rings (SSSR count). The van der Waals surface area contributed by atoms with E-state index in [0.717, 1.165) is 10.5 Å². The SMILES string of the molecule is CC(C)NC(=O)C(Cc1ccccc1)N(Cc1cccc(Br)n1)C(=O)O. The first-order valence-electron chi connectivity index (χ1n) is 8.32. The van der Waals surface area contributed by atoms with Crippen LogP contribution in [0.5, 0.6) is 0 Å². The van der Waals surface area contributed by atoms with E-state index in [1.165, 1.54) is 0 Å². The molecule has 0 bridgehead atoms. The first kappa shape index (κ1) is 19.9. The van der Waals surface area contributed by atoms with Crippen molar-refractivity contribution in [2.75, 3.05) is 0 Å². The predicted molar refractivity (Wildman–Crippen MR) is 103 cm³/mol. The smallest absolute Gasteiger partial charge is 0.408 e. The molecule has 2 amide bonds. The number of carbonyl (C=O) groups excluding carboxylic acids is 1. The number of nitrogens with one attached hydrogen (secondary N) is 1. The molecule has 2 aromatic rings. The van der Waals surface area contributed by atoms with Crippen LogP contribution in [-0.2, 0) is 17.8 Å². The van der Waals surface area contributed by atoms with Gasteiger partial charge in [0.2, 0.25) is 5.91 Å². The summed E-state index contributed by atoms with van der Waals surface area (Å²) in [6.45, 7) is 3.72. The van der Waals surface area contributed by atoms with Crippen molar-refractivity contribution in [3.05, 3.63) is 64.4 Å². The Labute approximate surface area is 161 Å². The third-order valence-electron chi connectivity index (χ3n) is 3.73. The summed E-state index contributed by atoms with van der Waals surface area (Å²) in [6.07, 6.45) is -0.869. The molecule has 2 N–H and O–H groups in total. The lowest BCUT2D eigenvalue weighted by Crippen LogP contribution is -2.51. The minimum absolute atomic E-state index is 0.0256. The third kappa shape index (κ3) is 5.84. The van der Waals surface area contributed by atoms with Gasteiger partial charge in [-0.05, 0) is 47.5 Å². The van der Waals surface area contributed by atoms with Crippen LogP contribution in [-0.4, -0.2) is 39.1 Å². The third-order valence-corrected chi connectivity index (χ3v) is 4.17. The summed E-state index contributed by atoms with van der Waals surface area (Å²) in [5.74, 6) is -0.318. The zero-order chi connectivity index (χ0) is 19.1. The van der Waals surface area contributed by atoms with Crippen LogP contribution in [0.2, 0.25) is 0 Å². The van der Waals surface area contributed by atoms with Crippen molar-refractivity contribution < 1.29 is 14.7 Å². The van der Waals surface area contributed by atoms with Crippen LogP contribution in [0.3, 0.4) is 0 Å². The van der Waals surface area contributed by atoms with Gasteiger partial charge < -0.3 is 10.4 Å². The van der Waals surface area contributed by atoms with Gasteiger partial charge in [-0.3, -0.25) is 9.69 Å². The van der Waals surface area contributed by atoms with E-state index in [0.29, 0.717) is 16.7 Å². The number of rotatable bonds is 7. The van der Waals surface area contributed by atoms with Crippen molar-refractivity contribution in [1.29, 1.82) is 0 Å². The van der Waals surface area contributed by atoms with Crippen LogP contribution in [0.4, 0.5) is 4.79 Å². The Bertz CT molecular complexity index is 753. The van der Waals surface area contributed by atoms with E-state index in [1.807, 2.05) is 44.2 Å². The lowest BCUT2D eigenvalue weighted by Gasteiger charge is -2.29. The lowest BCUT2D eigenvalue weighted by molar-refractivity contribution is -0.126. The Hall–Kier alpha value is -2.41. The Morgan fingerprint density at radius 2 is 1.85 bits per heavy atom. The molecule has 0 fully saturated rings. The van der Waals surface area contributed by atoms with Crippen LogP contribution in [0.25, 0.3) is 0 Å². The summed E-state index contributed by atoms with van der Waals surface area (Å²) in [7, 11) is 0. The molecule has 0 aliphatic carbocycles. The zero-order valence-corrected chi connectivity index (χ0v) is 16.3. The predicted octanol–water partition coefficient (Wildman–Crippen LogP) is 3.46.